The third-order valence-electron chi connectivity index (χ3n) is 6.61. The standard InChI is InChI=1S/C25H21F4N3O3S/c1-14(25(27,28)29)30-13-32(31-11-16(10-26)22(33)23(34)21(31)24(30)35)20-17-7-3-2-6-15(17)12-36-19-9-5-4-8-18(19)20/h2-9,11,14,20,34H,10,12-13H2,1H3/t14-,20+/m1/s1. The monoisotopic (exact) mass is 519 g/mol. The van der Waals surface area contributed by atoms with Crippen LogP contribution in [0.5, 0.6) is 5.75 Å². The summed E-state index contributed by atoms with van der Waals surface area (Å²) in [6.07, 6.45) is -3.67. The minimum Gasteiger partial charge on any atom is -0.502 e. The van der Waals surface area contributed by atoms with Gasteiger partial charge >= 0.3 is 6.18 Å². The number of fused-ring (bicyclic) bond motifs is 3. The molecule has 0 bridgehead atoms. The lowest BCUT2D eigenvalue weighted by Crippen LogP contribution is -2.60. The van der Waals surface area contributed by atoms with Crippen LogP contribution in [0.3, 0.4) is 0 Å². The van der Waals surface area contributed by atoms with Crippen molar-refractivity contribution in [1.29, 1.82) is 0 Å². The van der Waals surface area contributed by atoms with E-state index in [1.807, 2.05) is 48.5 Å². The summed E-state index contributed by atoms with van der Waals surface area (Å²) in [4.78, 5) is 27.2. The van der Waals surface area contributed by atoms with Gasteiger partial charge < -0.3 is 10.0 Å². The van der Waals surface area contributed by atoms with Crippen LogP contribution in [0.2, 0.25) is 0 Å². The highest BCUT2D eigenvalue weighted by Gasteiger charge is 2.47. The second-order valence-corrected chi connectivity index (χ2v) is 9.68. The Hall–Kier alpha value is -3.47. The lowest BCUT2D eigenvalue weighted by molar-refractivity contribution is -0.173. The number of carbonyl (C=O) groups excluding carboxylic acids is 1. The molecule has 2 aromatic carbocycles. The summed E-state index contributed by atoms with van der Waals surface area (Å²) < 4.78 is 56.2. The molecule has 2 aliphatic rings. The molecule has 0 saturated heterocycles. The molecule has 0 unspecified atom stereocenters. The summed E-state index contributed by atoms with van der Waals surface area (Å²) in [5.74, 6) is -1.64. The van der Waals surface area contributed by atoms with Crippen molar-refractivity contribution in [2.24, 2.45) is 0 Å². The molecule has 2 aliphatic heterocycles. The van der Waals surface area contributed by atoms with Crippen LogP contribution in [0, 0.1) is 0 Å². The van der Waals surface area contributed by atoms with Crippen LogP contribution >= 0.6 is 11.8 Å². The Bertz CT molecular complexity index is 1360. The molecule has 3 aromatic rings. The molecular formula is C25H21F4N3O3S. The number of hydrogen-bond acceptors (Lipinski definition) is 5. The highest BCUT2D eigenvalue weighted by molar-refractivity contribution is 7.98. The van der Waals surface area contributed by atoms with E-state index in [0.717, 1.165) is 39.4 Å². The largest absolute Gasteiger partial charge is 0.502 e. The number of amides is 1. The lowest BCUT2D eigenvalue weighted by atomic mass is 9.94. The van der Waals surface area contributed by atoms with Crippen molar-refractivity contribution in [3.8, 4) is 5.75 Å². The fraction of sp³-hybridized carbons (Fsp3) is 0.280. The molecular weight excluding hydrogens is 498 g/mol. The maximum atomic E-state index is 13.8. The highest BCUT2D eigenvalue weighted by Crippen LogP contribution is 2.43. The topological polar surface area (TPSA) is 65.8 Å². The number of halogens is 4. The van der Waals surface area contributed by atoms with E-state index < -0.39 is 59.9 Å². The zero-order valence-electron chi connectivity index (χ0n) is 19.0. The van der Waals surface area contributed by atoms with Crippen molar-refractivity contribution in [3.05, 3.63) is 92.9 Å². The van der Waals surface area contributed by atoms with E-state index in [-0.39, 0.29) is 0 Å². The summed E-state index contributed by atoms with van der Waals surface area (Å²) in [6.45, 7) is -0.884. The zero-order chi connectivity index (χ0) is 25.8. The molecule has 1 aromatic heterocycles. The van der Waals surface area contributed by atoms with Gasteiger partial charge in [0.25, 0.3) is 5.91 Å². The van der Waals surface area contributed by atoms with Gasteiger partial charge in [-0.2, -0.15) is 13.2 Å². The number of alkyl halides is 4. The lowest BCUT2D eigenvalue weighted by Gasteiger charge is -2.46. The number of carbonyl (C=O) groups is 1. The molecule has 36 heavy (non-hydrogen) atoms. The predicted octanol–water partition coefficient (Wildman–Crippen LogP) is 4.72. The van der Waals surface area contributed by atoms with Crippen LogP contribution in [-0.4, -0.2) is 39.5 Å². The zero-order valence-corrected chi connectivity index (χ0v) is 19.8. The maximum Gasteiger partial charge on any atom is 0.408 e. The van der Waals surface area contributed by atoms with Crippen LogP contribution in [-0.2, 0) is 12.4 Å². The minimum absolute atomic E-state index is 0.407. The van der Waals surface area contributed by atoms with E-state index in [4.69, 9.17) is 0 Å². The molecule has 2 atom stereocenters. The number of benzene rings is 2. The molecule has 0 radical (unpaired) electrons. The summed E-state index contributed by atoms with van der Waals surface area (Å²) in [5.41, 5.74) is 0.328. The van der Waals surface area contributed by atoms with E-state index in [1.54, 1.807) is 11.8 Å². The van der Waals surface area contributed by atoms with Gasteiger partial charge in [-0.25, -0.2) is 4.39 Å². The first kappa shape index (κ1) is 24.2. The van der Waals surface area contributed by atoms with Gasteiger partial charge in [-0.15, -0.1) is 11.8 Å². The maximum absolute atomic E-state index is 13.8. The first-order chi connectivity index (χ1) is 17.1. The molecule has 0 fully saturated rings. The summed E-state index contributed by atoms with van der Waals surface area (Å²) in [7, 11) is 0. The summed E-state index contributed by atoms with van der Waals surface area (Å²) >= 11 is 1.57. The summed E-state index contributed by atoms with van der Waals surface area (Å²) in [5, 5.41) is 12.1. The van der Waals surface area contributed by atoms with Crippen molar-refractivity contribution in [2.75, 3.05) is 11.7 Å². The number of thioether (sulfide) groups is 1. The Kier molecular flexibility index (Phi) is 5.98. The molecule has 5 rings (SSSR count). The molecule has 0 saturated carbocycles. The van der Waals surface area contributed by atoms with Crippen molar-refractivity contribution in [1.82, 2.24) is 9.58 Å². The number of hydrogen-bond donors (Lipinski definition) is 1. The number of nitrogens with zero attached hydrogens (tertiary/aromatic N) is 3. The summed E-state index contributed by atoms with van der Waals surface area (Å²) in [6, 6.07) is 12.0. The Morgan fingerprint density at radius 1 is 1.08 bits per heavy atom. The molecule has 3 heterocycles. The van der Waals surface area contributed by atoms with Crippen molar-refractivity contribution < 1.29 is 27.5 Å². The van der Waals surface area contributed by atoms with Gasteiger partial charge in [-0.3, -0.25) is 19.3 Å². The third kappa shape index (κ3) is 3.82. The number of aromatic nitrogens is 1. The van der Waals surface area contributed by atoms with Gasteiger partial charge in [0.15, 0.2) is 11.4 Å². The van der Waals surface area contributed by atoms with Crippen molar-refractivity contribution in [2.45, 2.75) is 42.5 Å². The molecule has 1 amide bonds. The Labute approximate surface area is 207 Å². The van der Waals surface area contributed by atoms with E-state index in [0.29, 0.717) is 10.7 Å². The first-order valence-corrected chi connectivity index (χ1v) is 12.1. The van der Waals surface area contributed by atoms with E-state index >= 15 is 0 Å². The highest BCUT2D eigenvalue weighted by atomic mass is 32.2. The molecule has 0 aliphatic carbocycles. The van der Waals surface area contributed by atoms with E-state index in [1.165, 1.54) is 5.01 Å². The second kappa shape index (κ2) is 8.88. The van der Waals surface area contributed by atoms with Gasteiger partial charge in [0.05, 0.1) is 11.6 Å². The van der Waals surface area contributed by atoms with E-state index in [2.05, 4.69) is 0 Å². The van der Waals surface area contributed by atoms with Crippen LogP contribution < -0.4 is 10.4 Å². The number of aromatic hydroxyl groups is 1. The normalized spacial score (nSPS) is 18.2. The molecule has 0 spiro atoms. The SMILES string of the molecule is C[C@@H](N1CN([C@H]2c3ccccc3CSc3ccccc32)n2cc(CF)c(=O)c(O)c2C1=O)C(F)(F)F. The third-order valence-corrected chi connectivity index (χ3v) is 7.74. The minimum atomic E-state index is -4.76. The van der Waals surface area contributed by atoms with Gasteiger partial charge in [0, 0.05) is 16.8 Å². The molecule has 188 valence electrons. The van der Waals surface area contributed by atoms with Gasteiger partial charge in [-0.1, -0.05) is 42.5 Å². The van der Waals surface area contributed by atoms with Crippen LogP contribution in [0.1, 0.15) is 45.7 Å². The Morgan fingerprint density at radius 2 is 1.75 bits per heavy atom. The van der Waals surface area contributed by atoms with Crippen LogP contribution in [0.4, 0.5) is 17.6 Å². The number of pyridine rings is 1. The first-order valence-electron chi connectivity index (χ1n) is 11.1. The second-order valence-electron chi connectivity index (χ2n) is 8.66. The molecule has 6 nitrogen and oxygen atoms in total. The fourth-order valence-electron chi connectivity index (χ4n) is 4.66. The number of rotatable bonds is 3. The average molecular weight is 520 g/mol. The fourth-order valence-corrected chi connectivity index (χ4v) is 5.75. The smallest absolute Gasteiger partial charge is 0.408 e. The quantitative estimate of drug-likeness (QED) is 0.508. The Balaban J connectivity index is 1.81. The molecule has 1 N–H and O–H groups in total. The van der Waals surface area contributed by atoms with Crippen LogP contribution in [0.25, 0.3) is 0 Å². The predicted molar refractivity (Wildman–Crippen MR) is 126 cm³/mol. The van der Waals surface area contributed by atoms with E-state index in [9.17, 15) is 32.3 Å². The Morgan fingerprint density at radius 3 is 2.44 bits per heavy atom. The van der Waals surface area contributed by atoms with Crippen molar-refractivity contribution >= 4 is 17.7 Å². The van der Waals surface area contributed by atoms with Crippen LogP contribution in [0.15, 0.2) is 64.4 Å². The molecule has 11 heteroatoms. The average Bonchev–Trinajstić information content (AvgIpc) is 3.02. The van der Waals surface area contributed by atoms with Crippen molar-refractivity contribution in [3.63, 3.8) is 0 Å². The van der Waals surface area contributed by atoms with Gasteiger partial charge in [-0.05, 0) is 29.7 Å². The van der Waals surface area contributed by atoms with Gasteiger partial charge in [0.1, 0.15) is 19.4 Å². The van der Waals surface area contributed by atoms with Gasteiger partial charge in [0.2, 0.25) is 5.43 Å².